The highest BCUT2D eigenvalue weighted by Crippen LogP contribution is 2.42. The Balaban J connectivity index is 1.61. The maximum atomic E-state index is 12.4. The molecule has 2 aliphatic heterocycles. The third kappa shape index (κ3) is 3.65. The van der Waals surface area contributed by atoms with E-state index in [1.807, 2.05) is 0 Å². The number of likely N-dealkylation sites (tertiary alicyclic amines) is 1. The van der Waals surface area contributed by atoms with Gasteiger partial charge in [-0.2, -0.15) is 0 Å². The van der Waals surface area contributed by atoms with Crippen LogP contribution in [0.3, 0.4) is 0 Å². The maximum absolute atomic E-state index is 12.4. The van der Waals surface area contributed by atoms with Crippen molar-refractivity contribution in [2.45, 2.75) is 57.5 Å². The lowest BCUT2D eigenvalue weighted by Crippen LogP contribution is -2.52. The van der Waals surface area contributed by atoms with Crippen molar-refractivity contribution in [3.05, 3.63) is 0 Å². The molecule has 1 amide bonds. The van der Waals surface area contributed by atoms with Crippen LogP contribution in [0.15, 0.2) is 0 Å². The molecule has 126 valence electrons. The van der Waals surface area contributed by atoms with Gasteiger partial charge in [-0.1, -0.05) is 19.8 Å². The van der Waals surface area contributed by atoms with E-state index in [4.69, 9.17) is 0 Å². The van der Waals surface area contributed by atoms with Crippen LogP contribution in [-0.4, -0.2) is 55.9 Å². The van der Waals surface area contributed by atoms with Crippen molar-refractivity contribution >= 4 is 15.7 Å². The summed E-state index contributed by atoms with van der Waals surface area (Å²) in [5.74, 6) is 1.07. The maximum Gasteiger partial charge on any atom is 0.223 e. The Bertz CT molecular complexity index is 513. The number of sulfone groups is 1. The molecule has 0 unspecified atom stereocenters. The van der Waals surface area contributed by atoms with Crippen LogP contribution in [0.4, 0.5) is 0 Å². The van der Waals surface area contributed by atoms with Gasteiger partial charge in [-0.25, -0.2) is 8.42 Å². The van der Waals surface area contributed by atoms with E-state index in [1.54, 1.807) is 0 Å². The minimum atomic E-state index is -3.03. The lowest BCUT2D eigenvalue weighted by atomic mass is 10.0. The van der Waals surface area contributed by atoms with Gasteiger partial charge in [-0.15, -0.1) is 0 Å². The zero-order valence-electron chi connectivity index (χ0n) is 13.5. The van der Waals surface area contributed by atoms with Crippen molar-refractivity contribution in [2.24, 2.45) is 11.8 Å². The normalized spacial score (nSPS) is 37.9. The second-order valence-electron chi connectivity index (χ2n) is 7.25. The molecule has 0 aromatic rings. The molecule has 4 atom stereocenters. The smallest absolute Gasteiger partial charge is 0.223 e. The van der Waals surface area contributed by atoms with Gasteiger partial charge in [0.15, 0.2) is 9.84 Å². The fourth-order valence-corrected chi connectivity index (χ4v) is 6.08. The Morgan fingerprint density at radius 2 is 1.91 bits per heavy atom. The van der Waals surface area contributed by atoms with E-state index in [0.717, 1.165) is 45.2 Å². The number of amides is 1. The second kappa shape index (κ2) is 6.48. The number of carbonyl (C=O) groups excluding carboxylic acids is 1. The summed E-state index contributed by atoms with van der Waals surface area (Å²) in [4.78, 5) is 14.6. The minimum Gasteiger partial charge on any atom is -0.350 e. The van der Waals surface area contributed by atoms with Gasteiger partial charge in [0.25, 0.3) is 0 Å². The van der Waals surface area contributed by atoms with Crippen LogP contribution in [0.2, 0.25) is 0 Å². The standard InChI is InChI=1S/C16H28N2O3S/c1-2-6-12-9-13(12)16(19)17-14-10-22(20,21)11-15(14)18-7-4-3-5-8-18/h12-15H,2-11H2,1H3,(H,17,19)/t12-,13+,14-,15+/m1/s1. The summed E-state index contributed by atoms with van der Waals surface area (Å²) in [6, 6.07) is -0.226. The third-order valence-corrected chi connectivity index (χ3v) is 7.15. The molecule has 0 aromatic heterocycles. The van der Waals surface area contributed by atoms with Gasteiger partial charge < -0.3 is 5.32 Å². The van der Waals surface area contributed by atoms with Crippen LogP contribution in [0.25, 0.3) is 0 Å². The van der Waals surface area contributed by atoms with Gasteiger partial charge >= 0.3 is 0 Å². The number of nitrogens with zero attached hydrogens (tertiary/aromatic N) is 1. The van der Waals surface area contributed by atoms with Crippen molar-refractivity contribution < 1.29 is 13.2 Å². The molecule has 3 aliphatic rings. The molecule has 2 saturated heterocycles. The summed E-state index contributed by atoms with van der Waals surface area (Å²) in [6.07, 6.45) is 6.71. The Morgan fingerprint density at radius 3 is 2.59 bits per heavy atom. The molecule has 3 fully saturated rings. The number of piperidine rings is 1. The van der Waals surface area contributed by atoms with Gasteiger partial charge in [0.1, 0.15) is 0 Å². The Kier molecular flexibility index (Phi) is 4.78. The van der Waals surface area contributed by atoms with Crippen LogP contribution in [0, 0.1) is 11.8 Å². The number of nitrogens with one attached hydrogen (secondary N) is 1. The summed E-state index contributed by atoms with van der Waals surface area (Å²) in [6.45, 7) is 4.08. The van der Waals surface area contributed by atoms with Crippen LogP contribution >= 0.6 is 0 Å². The highest BCUT2D eigenvalue weighted by molar-refractivity contribution is 7.91. The fourth-order valence-electron chi connectivity index (χ4n) is 4.13. The van der Waals surface area contributed by atoms with Crippen LogP contribution < -0.4 is 5.32 Å². The van der Waals surface area contributed by atoms with Crippen LogP contribution in [0.1, 0.15) is 45.4 Å². The summed E-state index contributed by atoms with van der Waals surface area (Å²) in [5, 5.41) is 3.07. The van der Waals surface area contributed by atoms with Crippen molar-refractivity contribution in [3.8, 4) is 0 Å². The van der Waals surface area contributed by atoms with Gasteiger partial charge in [0.05, 0.1) is 17.5 Å². The molecule has 3 rings (SSSR count). The molecule has 2 heterocycles. The zero-order chi connectivity index (χ0) is 15.7. The summed E-state index contributed by atoms with van der Waals surface area (Å²) >= 11 is 0. The number of rotatable bonds is 5. The zero-order valence-corrected chi connectivity index (χ0v) is 14.3. The topological polar surface area (TPSA) is 66.5 Å². The molecule has 22 heavy (non-hydrogen) atoms. The first-order chi connectivity index (χ1) is 10.5. The molecule has 0 radical (unpaired) electrons. The van der Waals surface area contributed by atoms with E-state index >= 15 is 0 Å². The van der Waals surface area contributed by atoms with E-state index in [0.29, 0.717) is 5.92 Å². The molecule has 0 aromatic carbocycles. The Morgan fingerprint density at radius 1 is 1.18 bits per heavy atom. The van der Waals surface area contributed by atoms with Crippen LogP contribution in [0.5, 0.6) is 0 Å². The largest absolute Gasteiger partial charge is 0.350 e. The van der Waals surface area contributed by atoms with Gasteiger partial charge in [0, 0.05) is 12.0 Å². The lowest BCUT2D eigenvalue weighted by molar-refractivity contribution is -0.123. The average molecular weight is 328 g/mol. The first kappa shape index (κ1) is 16.2. The monoisotopic (exact) mass is 328 g/mol. The fraction of sp³-hybridized carbons (Fsp3) is 0.938. The van der Waals surface area contributed by atoms with Crippen molar-refractivity contribution in [1.82, 2.24) is 10.2 Å². The number of hydrogen-bond acceptors (Lipinski definition) is 4. The summed E-state index contributed by atoms with van der Waals surface area (Å²) < 4.78 is 24.1. The molecule has 6 heteroatoms. The van der Waals surface area contributed by atoms with Gasteiger partial charge in [0.2, 0.25) is 5.91 Å². The molecular formula is C16H28N2O3S. The van der Waals surface area contributed by atoms with E-state index < -0.39 is 9.84 Å². The highest BCUT2D eigenvalue weighted by Gasteiger charge is 2.46. The van der Waals surface area contributed by atoms with Gasteiger partial charge in [-0.05, 0) is 44.7 Å². The predicted molar refractivity (Wildman–Crippen MR) is 86.3 cm³/mol. The second-order valence-corrected chi connectivity index (χ2v) is 9.40. The predicted octanol–water partition coefficient (Wildman–Crippen LogP) is 1.19. The van der Waals surface area contributed by atoms with E-state index in [1.165, 1.54) is 6.42 Å². The lowest BCUT2D eigenvalue weighted by Gasteiger charge is -2.35. The molecule has 0 bridgehead atoms. The minimum absolute atomic E-state index is 0.0161. The number of carbonyl (C=O) groups is 1. The third-order valence-electron chi connectivity index (χ3n) is 5.43. The average Bonchev–Trinajstić information content (AvgIpc) is 3.18. The van der Waals surface area contributed by atoms with E-state index in [2.05, 4.69) is 17.1 Å². The molecule has 1 N–H and O–H groups in total. The number of hydrogen-bond donors (Lipinski definition) is 1. The molecule has 0 spiro atoms. The Hall–Kier alpha value is -0.620. The summed E-state index contributed by atoms with van der Waals surface area (Å²) in [5.41, 5.74) is 0. The molecule has 5 nitrogen and oxygen atoms in total. The molecule has 1 aliphatic carbocycles. The molecule has 1 saturated carbocycles. The van der Waals surface area contributed by atoms with Crippen molar-refractivity contribution in [2.75, 3.05) is 24.6 Å². The first-order valence-electron chi connectivity index (χ1n) is 8.75. The quantitative estimate of drug-likeness (QED) is 0.823. The van der Waals surface area contributed by atoms with E-state index in [-0.39, 0.29) is 35.4 Å². The van der Waals surface area contributed by atoms with E-state index in [9.17, 15) is 13.2 Å². The summed E-state index contributed by atoms with van der Waals surface area (Å²) in [7, 11) is -3.03. The van der Waals surface area contributed by atoms with Crippen LogP contribution in [-0.2, 0) is 14.6 Å². The Labute approximate surface area is 133 Å². The highest BCUT2D eigenvalue weighted by atomic mass is 32.2. The van der Waals surface area contributed by atoms with Gasteiger partial charge in [-0.3, -0.25) is 9.69 Å². The first-order valence-corrected chi connectivity index (χ1v) is 10.6. The SMILES string of the molecule is CCC[C@@H]1C[C@@H]1C(=O)N[C@@H]1CS(=O)(=O)C[C@@H]1N1CCCCC1. The molecular weight excluding hydrogens is 300 g/mol. The van der Waals surface area contributed by atoms with Crippen molar-refractivity contribution in [3.63, 3.8) is 0 Å². The van der Waals surface area contributed by atoms with Crippen molar-refractivity contribution in [1.29, 1.82) is 0 Å².